The first-order valence-electron chi connectivity index (χ1n) is 7.34. The van der Waals surface area contributed by atoms with Crippen molar-refractivity contribution in [2.45, 2.75) is 32.1 Å². The predicted octanol–water partition coefficient (Wildman–Crippen LogP) is 3.05. The lowest BCUT2D eigenvalue weighted by molar-refractivity contribution is -0.112. The van der Waals surface area contributed by atoms with Crippen molar-refractivity contribution >= 4 is 15.8 Å². The highest BCUT2D eigenvalue weighted by Crippen LogP contribution is 2.27. The lowest BCUT2D eigenvalue weighted by Gasteiger charge is -2.30. The standard InChI is InChI=1S/C17H21NO3S/c1-4-5-17(19)16-12-14(3)10-11-18(16)22(20,21)15-8-6-13(2)7-9-15/h4-9,12,14H,10-11H2,1-3H3/b5-4+. The Labute approximate surface area is 132 Å². The molecular formula is C17H21NO3S. The van der Waals surface area contributed by atoms with Gasteiger partial charge in [-0.1, -0.05) is 36.8 Å². The molecule has 0 bridgehead atoms. The third-order valence-corrected chi connectivity index (χ3v) is 5.51. The number of rotatable bonds is 4. The summed E-state index contributed by atoms with van der Waals surface area (Å²) in [6.45, 7) is 5.95. The van der Waals surface area contributed by atoms with Crippen LogP contribution >= 0.6 is 0 Å². The van der Waals surface area contributed by atoms with Gasteiger partial charge >= 0.3 is 0 Å². The van der Waals surface area contributed by atoms with Crippen LogP contribution in [0.25, 0.3) is 0 Å². The summed E-state index contributed by atoms with van der Waals surface area (Å²) in [6.07, 6.45) is 5.48. The van der Waals surface area contributed by atoms with Crippen LogP contribution in [0.4, 0.5) is 0 Å². The number of hydrogen-bond donors (Lipinski definition) is 0. The SMILES string of the molecule is C/C=C/C(=O)C1=CC(C)CCN1S(=O)(=O)c1ccc(C)cc1. The Balaban J connectivity index is 2.46. The van der Waals surface area contributed by atoms with Crippen LogP contribution in [-0.2, 0) is 14.8 Å². The summed E-state index contributed by atoms with van der Waals surface area (Å²) in [5.74, 6) is -0.0848. The monoisotopic (exact) mass is 319 g/mol. The number of nitrogens with zero attached hydrogens (tertiary/aromatic N) is 1. The van der Waals surface area contributed by atoms with Crippen molar-refractivity contribution in [1.82, 2.24) is 4.31 Å². The normalized spacial score (nSPS) is 19.3. The van der Waals surface area contributed by atoms with Gasteiger partial charge in [0.1, 0.15) is 0 Å². The van der Waals surface area contributed by atoms with Gasteiger partial charge in [-0.15, -0.1) is 0 Å². The molecule has 118 valence electrons. The predicted molar refractivity (Wildman–Crippen MR) is 86.8 cm³/mol. The third-order valence-electron chi connectivity index (χ3n) is 3.68. The van der Waals surface area contributed by atoms with Crippen LogP contribution in [0, 0.1) is 12.8 Å². The first kappa shape index (κ1) is 16.5. The number of benzene rings is 1. The van der Waals surface area contributed by atoms with Crippen LogP contribution in [0.3, 0.4) is 0 Å². The largest absolute Gasteiger partial charge is 0.288 e. The summed E-state index contributed by atoms with van der Waals surface area (Å²) in [7, 11) is -3.70. The molecule has 0 saturated heterocycles. The van der Waals surface area contributed by atoms with E-state index in [0.717, 1.165) is 5.56 Å². The molecule has 2 rings (SSSR count). The highest BCUT2D eigenvalue weighted by molar-refractivity contribution is 7.89. The Bertz CT molecular complexity index is 715. The second-order valence-corrected chi connectivity index (χ2v) is 7.43. The van der Waals surface area contributed by atoms with Crippen LogP contribution in [0.15, 0.2) is 53.1 Å². The average Bonchev–Trinajstić information content (AvgIpc) is 2.47. The highest BCUT2D eigenvalue weighted by atomic mass is 32.2. The number of allylic oxidation sites excluding steroid dienone is 3. The van der Waals surface area contributed by atoms with Crippen molar-refractivity contribution in [2.75, 3.05) is 6.54 Å². The molecule has 1 unspecified atom stereocenters. The molecule has 0 fully saturated rings. The van der Waals surface area contributed by atoms with Crippen molar-refractivity contribution in [3.05, 3.63) is 53.8 Å². The average molecular weight is 319 g/mol. The van der Waals surface area contributed by atoms with Crippen LogP contribution in [0.2, 0.25) is 0 Å². The van der Waals surface area contributed by atoms with Gasteiger partial charge in [0.25, 0.3) is 10.0 Å². The number of ketones is 1. The molecule has 1 aromatic rings. The van der Waals surface area contributed by atoms with Gasteiger partial charge in [-0.25, -0.2) is 8.42 Å². The van der Waals surface area contributed by atoms with E-state index >= 15 is 0 Å². The number of sulfonamides is 1. The van der Waals surface area contributed by atoms with Gasteiger partial charge in [-0.2, -0.15) is 0 Å². The van der Waals surface area contributed by atoms with E-state index in [-0.39, 0.29) is 22.3 Å². The molecular weight excluding hydrogens is 298 g/mol. The van der Waals surface area contributed by atoms with E-state index < -0.39 is 10.0 Å². The quantitative estimate of drug-likeness (QED) is 0.802. The summed E-state index contributed by atoms with van der Waals surface area (Å²) in [4.78, 5) is 12.4. The van der Waals surface area contributed by atoms with E-state index in [4.69, 9.17) is 0 Å². The number of carbonyl (C=O) groups is 1. The van der Waals surface area contributed by atoms with Crippen LogP contribution < -0.4 is 0 Å². The molecule has 0 N–H and O–H groups in total. The van der Waals surface area contributed by atoms with E-state index in [1.54, 1.807) is 43.3 Å². The maximum Gasteiger partial charge on any atom is 0.264 e. The number of aryl methyl sites for hydroxylation is 1. The Kier molecular flexibility index (Phi) is 4.86. The minimum atomic E-state index is -3.70. The second-order valence-electron chi connectivity index (χ2n) is 5.57. The highest BCUT2D eigenvalue weighted by Gasteiger charge is 2.32. The maximum absolute atomic E-state index is 12.8. The molecule has 1 heterocycles. The van der Waals surface area contributed by atoms with Gasteiger partial charge in [-0.3, -0.25) is 9.10 Å². The molecule has 0 aromatic heterocycles. The zero-order chi connectivity index (χ0) is 16.3. The smallest absolute Gasteiger partial charge is 0.264 e. The molecule has 0 amide bonds. The van der Waals surface area contributed by atoms with Crippen molar-refractivity contribution in [3.8, 4) is 0 Å². The molecule has 1 aromatic carbocycles. The van der Waals surface area contributed by atoms with Crippen molar-refractivity contribution < 1.29 is 13.2 Å². The third kappa shape index (κ3) is 3.30. The number of hydrogen-bond acceptors (Lipinski definition) is 3. The molecule has 22 heavy (non-hydrogen) atoms. The summed E-state index contributed by atoms with van der Waals surface area (Å²) in [6, 6.07) is 6.69. The van der Waals surface area contributed by atoms with Crippen molar-refractivity contribution in [1.29, 1.82) is 0 Å². The van der Waals surface area contributed by atoms with Gasteiger partial charge in [0.05, 0.1) is 10.6 Å². The minimum absolute atomic E-state index is 0.189. The van der Waals surface area contributed by atoms with E-state index in [9.17, 15) is 13.2 Å². The first-order chi connectivity index (χ1) is 10.4. The Morgan fingerprint density at radius 1 is 1.27 bits per heavy atom. The second kappa shape index (κ2) is 6.48. The molecule has 4 nitrogen and oxygen atoms in total. The topological polar surface area (TPSA) is 54.5 Å². The zero-order valence-corrected chi connectivity index (χ0v) is 13.9. The van der Waals surface area contributed by atoms with Gasteiger partial charge < -0.3 is 0 Å². The van der Waals surface area contributed by atoms with Crippen molar-refractivity contribution in [2.24, 2.45) is 5.92 Å². The van der Waals surface area contributed by atoms with E-state index in [2.05, 4.69) is 0 Å². The maximum atomic E-state index is 12.8. The van der Waals surface area contributed by atoms with E-state index in [1.165, 1.54) is 10.4 Å². The molecule has 1 aliphatic heterocycles. The van der Waals surface area contributed by atoms with Gasteiger partial charge in [0.2, 0.25) is 5.78 Å². The van der Waals surface area contributed by atoms with Gasteiger partial charge in [-0.05, 0) is 44.4 Å². The molecule has 1 atom stereocenters. The van der Waals surface area contributed by atoms with Crippen LogP contribution in [-0.4, -0.2) is 25.1 Å². The Hall–Kier alpha value is -1.88. The van der Waals surface area contributed by atoms with E-state index in [0.29, 0.717) is 13.0 Å². The molecule has 0 saturated carbocycles. The Morgan fingerprint density at radius 2 is 1.91 bits per heavy atom. The van der Waals surface area contributed by atoms with Crippen molar-refractivity contribution in [3.63, 3.8) is 0 Å². The molecule has 0 spiro atoms. The zero-order valence-electron chi connectivity index (χ0n) is 13.1. The fourth-order valence-corrected chi connectivity index (χ4v) is 3.90. The number of carbonyl (C=O) groups excluding carboxylic acids is 1. The van der Waals surface area contributed by atoms with E-state index in [1.807, 2.05) is 13.8 Å². The van der Waals surface area contributed by atoms with Gasteiger partial charge in [0, 0.05) is 6.54 Å². The summed E-state index contributed by atoms with van der Waals surface area (Å²) < 4.78 is 26.9. The molecule has 0 radical (unpaired) electrons. The van der Waals surface area contributed by atoms with Gasteiger partial charge in [0.15, 0.2) is 0 Å². The Morgan fingerprint density at radius 3 is 2.50 bits per heavy atom. The lowest BCUT2D eigenvalue weighted by atomic mass is 10.0. The minimum Gasteiger partial charge on any atom is -0.288 e. The van der Waals surface area contributed by atoms with Crippen LogP contribution in [0.1, 0.15) is 25.8 Å². The summed E-state index contributed by atoms with van der Waals surface area (Å²) in [5.41, 5.74) is 1.24. The first-order valence-corrected chi connectivity index (χ1v) is 8.78. The summed E-state index contributed by atoms with van der Waals surface area (Å²) >= 11 is 0. The molecule has 0 aliphatic carbocycles. The fraction of sp³-hybridized carbons (Fsp3) is 0.353. The molecule has 1 aliphatic rings. The van der Waals surface area contributed by atoms with Crippen LogP contribution in [0.5, 0.6) is 0 Å². The fourth-order valence-electron chi connectivity index (χ4n) is 2.41. The summed E-state index contributed by atoms with van der Waals surface area (Å²) in [5, 5.41) is 0. The molecule has 5 heteroatoms. The lowest BCUT2D eigenvalue weighted by Crippen LogP contribution is -2.37.